The summed E-state index contributed by atoms with van der Waals surface area (Å²) in [5.41, 5.74) is 0.259. The van der Waals surface area contributed by atoms with E-state index < -0.39 is 5.97 Å². The van der Waals surface area contributed by atoms with Crippen LogP contribution in [0, 0.1) is 0 Å². The fraction of sp³-hybridized carbons (Fsp3) is 0.133. The maximum absolute atomic E-state index is 11.5. The predicted molar refractivity (Wildman–Crippen MR) is 80.9 cm³/mol. The van der Waals surface area contributed by atoms with Gasteiger partial charge >= 0.3 is 5.97 Å². The lowest BCUT2D eigenvalue weighted by molar-refractivity contribution is 0.0600. The number of carbonyl (C=O) groups excluding carboxylic acids is 1. The Morgan fingerprint density at radius 3 is 1.95 bits per heavy atom. The molecule has 0 atom stereocenters. The van der Waals surface area contributed by atoms with Crippen LogP contribution in [0.2, 0.25) is 10.0 Å². The van der Waals surface area contributed by atoms with Crippen LogP contribution in [0.1, 0.15) is 10.4 Å². The van der Waals surface area contributed by atoms with Gasteiger partial charge in [-0.15, -0.1) is 0 Å². The molecule has 0 heterocycles. The summed E-state index contributed by atoms with van der Waals surface area (Å²) in [6.45, 7) is 0. The Morgan fingerprint density at radius 1 is 0.952 bits per heavy atom. The molecule has 0 aliphatic carbocycles. The highest BCUT2D eigenvalue weighted by molar-refractivity contribution is 6.37. The summed E-state index contributed by atoms with van der Waals surface area (Å²) in [6.07, 6.45) is 0. The number of carbonyl (C=O) groups is 1. The minimum Gasteiger partial charge on any atom is -0.497 e. The number of esters is 1. The van der Waals surface area contributed by atoms with E-state index in [1.54, 1.807) is 31.4 Å². The standard InChI is InChI=1S/C15H12Cl2O4/c1-19-10-3-5-11(6-4-10)21-14-12(16)7-9(8-13(14)17)15(18)20-2/h3-8H,1-2H3. The first-order valence-corrected chi connectivity index (χ1v) is 6.70. The smallest absolute Gasteiger partial charge is 0.337 e. The average Bonchev–Trinajstić information content (AvgIpc) is 2.50. The van der Waals surface area contributed by atoms with Crippen molar-refractivity contribution in [2.75, 3.05) is 14.2 Å². The lowest BCUT2D eigenvalue weighted by atomic mass is 10.2. The fourth-order valence-electron chi connectivity index (χ4n) is 1.65. The van der Waals surface area contributed by atoms with Crippen molar-refractivity contribution in [1.82, 2.24) is 0 Å². The molecule has 0 amide bonds. The summed E-state index contributed by atoms with van der Waals surface area (Å²) < 4.78 is 15.3. The summed E-state index contributed by atoms with van der Waals surface area (Å²) >= 11 is 12.2. The molecule has 0 spiro atoms. The lowest BCUT2D eigenvalue weighted by Crippen LogP contribution is -2.01. The van der Waals surface area contributed by atoms with Crippen molar-refractivity contribution < 1.29 is 19.0 Å². The van der Waals surface area contributed by atoms with Gasteiger partial charge in [0.15, 0.2) is 5.75 Å². The van der Waals surface area contributed by atoms with Gasteiger partial charge in [-0.1, -0.05) is 23.2 Å². The first kappa shape index (κ1) is 15.5. The van der Waals surface area contributed by atoms with Gasteiger partial charge in [0.25, 0.3) is 0 Å². The van der Waals surface area contributed by atoms with Crippen LogP contribution in [0.25, 0.3) is 0 Å². The molecule has 0 fully saturated rings. The van der Waals surface area contributed by atoms with E-state index in [1.165, 1.54) is 19.2 Å². The van der Waals surface area contributed by atoms with E-state index >= 15 is 0 Å². The number of hydrogen-bond acceptors (Lipinski definition) is 4. The Morgan fingerprint density at radius 2 is 1.48 bits per heavy atom. The molecule has 0 unspecified atom stereocenters. The third-order valence-electron chi connectivity index (χ3n) is 2.70. The molecular formula is C15H12Cl2O4. The highest BCUT2D eigenvalue weighted by Crippen LogP contribution is 2.37. The monoisotopic (exact) mass is 326 g/mol. The molecule has 0 N–H and O–H groups in total. The molecule has 4 nitrogen and oxygen atoms in total. The van der Waals surface area contributed by atoms with Gasteiger partial charge in [0.2, 0.25) is 0 Å². The number of methoxy groups -OCH3 is 2. The Bertz CT molecular complexity index is 630. The van der Waals surface area contributed by atoms with Crippen LogP contribution < -0.4 is 9.47 Å². The van der Waals surface area contributed by atoms with E-state index in [0.29, 0.717) is 11.5 Å². The van der Waals surface area contributed by atoms with Gasteiger partial charge in [0, 0.05) is 0 Å². The van der Waals surface area contributed by atoms with E-state index in [2.05, 4.69) is 4.74 Å². The summed E-state index contributed by atoms with van der Waals surface area (Å²) in [5, 5.41) is 0.442. The molecule has 2 aromatic carbocycles. The van der Waals surface area contributed by atoms with Crippen molar-refractivity contribution in [3.8, 4) is 17.2 Å². The molecule has 0 aromatic heterocycles. The largest absolute Gasteiger partial charge is 0.497 e. The zero-order chi connectivity index (χ0) is 15.4. The van der Waals surface area contributed by atoms with Gasteiger partial charge < -0.3 is 14.2 Å². The maximum atomic E-state index is 11.5. The summed E-state index contributed by atoms with van der Waals surface area (Å²) in [4.78, 5) is 11.5. The van der Waals surface area contributed by atoms with Crippen LogP contribution in [0.4, 0.5) is 0 Å². The summed E-state index contributed by atoms with van der Waals surface area (Å²) in [5.74, 6) is 1.01. The van der Waals surface area contributed by atoms with Gasteiger partial charge in [-0.3, -0.25) is 0 Å². The second-order valence-corrected chi connectivity index (χ2v) is 4.85. The van der Waals surface area contributed by atoms with Gasteiger partial charge in [-0.25, -0.2) is 4.79 Å². The highest BCUT2D eigenvalue weighted by Gasteiger charge is 2.15. The van der Waals surface area contributed by atoms with E-state index in [1.807, 2.05) is 0 Å². The van der Waals surface area contributed by atoms with Crippen LogP contribution in [0.15, 0.2) is 36.4 Å². The average molecular weight is 327 g/mol. The lowest BCUT2D eigenvalue weighted by Gasteiger charge is -2.11. The van der Waals surface area contributed by atoms with Crippen molar-refractivity contribution in [3.63, 3.8) is 0 Å². The number of hydrogen-bond donors (Lipinski definition) is 0. The highest BCUT2D eigenvalue weighted by atomic mass is 35.5. The minimum absolute atomic E-state index is 0.221. The molecule has 0 saturated carbocycles. The molecule has 0 bridgehead atoms. The Balaban J connectivity index is 2.29. The van der Waals surface area contributed by atoms with Gasteiger partial charge in [-0.05, 0) is 36.4 Å². The van der Waals surface area contributed by atoms with Crippen LogP contribution >= 0.6 is 23.2 Å². The fourth-order valence-corrected chi connectivity index (χ4v) is 2.22. The molecule has 0 saturated heterocycles. The third-order valence-corrected chi connectivity index (χ3v) is 3.26. The zero-order valence-corrected chi connectivity index (χ0v) is 12.9. The molecule has 2 aromatic rings. The molecule has 6 heteroatoms. The van der Waals surface area contributed by atoms with Gasteiger partial charge in [0.05, 0.1) is 29.8 Å². The zero-order valence-electron chi connectivity index (χ0n) is 11.4. The van der Waals surface area contributed by atoms with Crippen LogP contribution in [-0.2, 0) is 4.74 Å². The SMILES string of the molecule is COC(=O)c1cc(Cl)c(Oc2ccc(OC)cc2)c(Cl)c1. The number of halogens is 2. The second kappa shape index (κ2) is 6.70. The van der Waals surface area contributed by atoms with E-state index in [-0.39, 0.29) is 21.4 Å². The number of rotatable bonds is 4. The van der Waals surface area contributed by atoms with Crippen LogP contribution in [-0.4, -0.2) is 20.2 Å². The van der Waals surface area contributed by atoms with Gasteiger partial charge in [0.1, 0.15) is 11.5 Å². The van der Waals surface area contributed by atoms with Crippen molar-refractivity contribution in [2.24, 2.45) is 0 Å². The first-order valence-electron chi connectivity index (χ1n) is 5.94. The topological polar surface area (TPSA) is 44.8 Å². The Labute approximate surface area is 132 Å². The molecule has 2 rings (SSSR count). The molecule has 0 aliphatic rings. The van der Waals surface area contributed by atoms with E-state index in [9.17, 15) is 4.79 Å². The third kappa shape index (κ3) is 3.60. The molecule has 110 valence electrons. The maximum Gasteiger partial charge on any atom is 0.337 e. The predicted octanol–water partition coefficient (Wildman–Crippen LogP) is 4.58. The molecular weight excluding hydrogens is 315 g/mol. The van der Waals surface area contributed by atoms with E-state index in [0.717, 1.165) is 0 Å². The Hall–Kier alpha value is -1.91. The summed E-state index contributed by atoms with van der Waals surface area (Å²) in [7, 11) is 2.86. The Kier molecular flexibility index (Phi) is 4.94. The van der Waals surface area contributed by atoms with Gasteiger partial charge in [-0.2, -0.15) is 0 Å². The minimum atomic E-state index is -0.519. The summed E-state index contributed by atoms with van der Waals surface area (Å²) in [6, 6.07) is 9.83. The molecule has 21 heavy (non-hydrogen) atoms. The van der Waals surface area contributed by atoms with Crippen molar-refractivity contribution in [3.05, 3.63) is 52.0 Å². The quantitative estimate of drug-likeness (QED) is 0.771. The van der Waals surface area contributed by atoms with Crippen molar-refractivity contribution >= 4 is 29.2 Å². The van der Waals surface area contributed by atoms with Crippen LogP contribution in [0.3, 0.4) is 0 Å². The molecule has 0 radical (unpaired) electrons. The number of ether oxygens (including phenoxy) is 3. The number of benzene rings is 2. The van der Waals surface area contributed by atoms with Crippen molar-refractivity contribution in [1.29, 1.82) is 0 Å². The molecule has 0 aliphatic heterocycles. The van der Waals surface area contributed by atoms with Crippen LogP contribution in [0.5, 0.6) is 17.2 Å². The van der Waals surface area contributed by atoms with E-state index in [4.69, 9.17) is 32.7 Å². The van der Waals surface area contributed by atoms with Crippen molar-refractivity contribution in [2.45, 2.75) is 0 Å². The second-order valence-electron chi connectivity index (χ2n) is 4.04. The first-order chi connectivity index (χ1) is 10.0. The normalized spacial score (nSPS) is 10.1.